The molecule has 0 unspecified atom stereocenters. The average Bonchev–Trinajstić information content (AvgIpc) is 2.62. The number of ether oxygens (including phenoxy) is 2. The van der Waals surface area contributed by atoms with Crippen molar-refractivity contribution in [2.75, 3.05) is 13.2 Å². The van der Waals surface area contributed by atoms with Gasteiger partial charge in [-0.3, -0.25) is 0 Å². The molecule has 25 heavy (non-hydrogen) atoms. The molecule has 2 rings (SSSR count). The Labute approximate surface area is 175 Å². The van der Waals surface area contributed by atoms with Crippen LogP contribution in [-0.2, 0) is 0 Å². The molecule has 0 saturated carbocycles. The van der Waals surface area contributed by atoms with E-state index >= 15 is 0 Å². The van der Waals surface area contributed by atoms with Crippen molar-refractivity contribution in [3.63, 3.8) is 0 Å². The molecule has 0 aliphatic heterocycles. The van der Waals surface area contributed by atoms with E-state index in [0.717, 1.165) is 37.9 Å². The van der Waals surface area contributed by atoms with Crippen molar-refractivity contribution >= 4 is 45.2 Å². The zero-order chi connectivity index (χ0) is 18.1. The Bertz CT molecular complexity index is 743. The van der Waals surface area contributed by atoms with Crippen LogP contribution < -0.4 is 9.47 Å². The normalized spacial score (nSPS) is 9.92. The molecule has 0 bridgehead atoms. The van der Waals surface area contributed by atoms with Crippen LogP contribution in [0.3, 0.4) is 0 Å². The van der Waals surface area contributed by atoms with Gasteiger partial charge in [-0.2, -0.15) is 10.5 Å². The quantitative estimate of drug-likeness (QED) is 0.328. The van der Waals surface area contributed by atoms with Gasteiger partial charge in [0.2, 0.25) is 0 Å². The molecule has 2 aromatic rings. The highest BCUT2D eigenvalue weighted by Gasteiger charge is 2.04. The van der Waals surface area contributed by atoms with E-state index in [1.807, 2.05) is 24.3 Å². The van der Waals surface area contributed by atoms with E-state index in [2.05, 4.69) is 57.3 Å². The third-order valence-corrected chi connectivity index (χ3v) is 5.11. The largest absolute Gasteiger partial charge is 0.492 e. The molecule has 4 nitrogen and oxygen atoms in total. The zero-order valence-electron chi connectivity index (χ0n) is 13.5. The topological polar surface area (TPSA) is 66.0 Å². The van der Waals surface area contributed by atoms with Gasteiger partial charge in [0.05, 0.1) is 43.6 Å². The Kier molecular flexibility index (Phi) is 8.29. The van der Waals surface area contributed by atoms with Crippen molar-refractivity contribution in [3.8, 4) is 23.6 Å². The Hall–Kier alpha value is -1.52. The molecular formula is C19H16I2N2O2. The summed E-state index contributed by atoms with van der Waals surface area (Å²) in [5.74, 6) is 1.64. The van der Waals surface area contributed by atoms with Crippen molar-refractivity contribution in [1.29, 1.82) is 10.5 Å². The highest BCUT2D eigenvalue weighted by Crippen LogP contribution is 2.23. The molecule has 0 radical (unpaired) electrons. The minimum Gasteiger partial charge on any atom is -0.492 e. The first-order chi connectivity index (χ1) is 12.1. The van der Waals surface area contributed by atoms with Gasteiger partial charge in [0.25, 0.3) is 0 Å². The SMILES string of the molecule is N#Cc1ccc(OCCCCCOc2ccc(C#N)cc2I)c(I)c1. The highest BCUT2D eigenvalue weighted by molar-refractivity contribution is 14.1. The third kappa shape index (κ3) is 6.37. The predicted octanol–water partition coefficient (Wildman–Crippen LogP) is 5.27. The Balaban J connectivity index is 1.64. The number of hydrogen-bond acceptors (Lipinski definition) is 4. The maximum absolute atomic E-state index is 8.85. The van der Waals surface area contributed by atoms with Gasteiger partial charge in [-0.05, 0) is 101 Å². The molecule has 0 atom stereocenters. The fourth-order valence-electron chi connectivity index (χ4n) is 2.12. The molecule has 0 aliphatic carbocycles. The first kappa shape index (κ1) is 19.8. The first-order valence-corrected chi connectivity index (χ1v) is 9.94. The second-order valence-electron chi connectivity index (χ2n) is 5.27. The van der Waals surface area contributed by atoms with E-state index < -0.39 is 0 Å². The van der Waals surface area contributed by atoms with Gasteiger partial charge >= 0.3 is 0 Å². The van der Waals surface area contributed by atoms with Gasteiger partial charge in [0, 0.05) is 0 Å². The third-order valence-electron chi connectivity index (χ3n) is 3.43. The van der Waals surface area contributed by atoms with Crippen molar-refractivity contribution in [2.45, 2.75) is 19.3 Å². The Morgan fingerprint density at radius 3 is 1.52 bits per heavy atom. The van der Waals surface area contributed by atoms with Crippen LogP contribution in [0.1, 0.15) is 30.4 Å². The van der Waals surface area contributed by atoms with Crippen molar-refractivity contribution < 1.29 is 9.47 Å². The van der Waals surface area contributed by atoms with E-state index in [1.54, 1.807) is 12.1 Å². The molecule has 0 spiro atoms. The van der Waals surface area contributed by atoms with E-state index in [1.165, 1.54) is 0 Å². The first-order valence-electron chi connectivity index (χ1n) is 7.79. The second kappa shape index (κ2) is 10.5. The second-order valence-corrected chi connectivity index (χ2v) is 7.60. The van der Waals surface area contributed by atoms with Crippen molar-refractivity contribution in [3.05, 3.63) is 54.7 Å². The van der Waals surface area contributed by atoms with Gasteiger partial charge < -0.3 is 9.47 Å². The Morgan fingerprint density at radius 1 is 0.720 bits per heavy atom. The number of benzene rings is 2. The van der Waals surface area contributed by atoms with Crippen LogP contribution in [0.25, 0.3) is 0 Å². The van der Waals surface area contributed by atoms with Gasteiger partial charge in [0.15, 0.2) is 0 Å². The van der Waals surface area contributed by atoms with Crippen LogP contribution in [0.4, 0.5) is 0 Å². The number of hydrogen-bond donors (Lipinski definition) is 0. The summed E-state index contributed by atoms with van der Waals surface area (Å²) < 4.78 is 13.4. The lowest BCUT2D eigenvalue weighted by Crippen LogP contribution is -2.02. The summed E-state index contributed by atoms with van der Waals surface area (Å²) in [6, 6.07) is 15.1. The smallest absolute Gasteiger partial charge is 0.132 e. The fourth-order valence-corrected chi connectivity index (χ4v) is 3.46. The molecule has 0 fully saturated rings. The number of unbranched alkanes of at least 4 members (excludes halogenated alkanes) is 2. The van der Waals surface area contributed by atoms with E-state index in [9.17, 15) is 0 Å². The van der Waals surface area contributed by atoms with Crippen LogP contribution in [-0.4, -0.2) is 13.2 Å². The van der Waals surface area contributed by atoms with Gasteiger partial charge in [-0.15, -0.1) is 0 Å². The van der Waals surface area contributed by atoms with Gasteiger partial charge in [-0.1, -0.05) is 0 Å². The Morgan fingerprint density at radius 2 is 1.16 bits per heavy atom. The standard InChI is InChI=1S/C19H16I2N2O2/c20-16-10-14(12-22)4-6-18(16)24-8-2-1-3-9-25-19-7-5-15(13-23)11-17(19)21/h4-7,10-11H,1-3,8-9H2. The van der Waals surface area contributed by atoms with E-state index in [0.29, 0.717) is 24.3 Å². The summed E-state index contributed by atoms with van der Waals surface area (Å²) >= 11 is 4.36. The van der Waals surface area contributed by atoms with Crippen molar-refractivity contribution in [2.24, 2.45) is 0 Å². The minimum atomic E-state index is 0.645. The number of nitrogens with zero attached hydrogens (tertiary/aromatic N) is 2. The monoisotopic (exact) mass is 558 g/mol. The van der Waals surface area contributed by atoms with Gasteiger partial charge in [0.1, 0.15) is 11.5 Å². The van der Waals surface area contributed by atoms with Gasteiger partial charge in [-0.25, -0.2) is 0 Å². The minimum absolute atomic E-state index is 0.645. The summed E-state index contributed by atoms with van der Waals surface area (Å²) in [6.07, 6.45) is 2.91. The summed E-state index contributed by atoms with van der Waals surface area (Å²) in [5.41, 5.74) is 1.29. The molecule has 0 amide bonds. The number of nitriles is 2. The van der Waals surface area contributed by atoms with Crippen LogP contribution in [0, 0.1) is 29.8 Å². The zero-order valence-corrected chi connectivity index (χ0v) is 17.8. The molecule has 0 saturated heterocycles. The summed E-state index contributed by atoms with van der Waals surface area (Å²) in [7, 11) is 0. The summed E-state index contributed by atoms with van der Waals surface area (Å²) in [4.78, 5) is 0. The van der Waals surface area contributed by atoms with Crippen molar-refractivity contribution in [1.82, 2.24) is 0 Å². The highest BCUT2D eigenvalue weighted by atomic mass is 127. The number of rotatable bonds is 8. The average molecular weight is 558 g/mol. The molecule has 0 N–H and O–H groups in total. The lowest BCUT2D eigenvalue weighted by molar-refractivity contribution is 0.277. The predicted molar refractivity (Wildman–Crippen MR) is 113 cm³/mol. The molecule has 0 heterocycles. The lowest BCUT2D eigenvalue weighted by atomic mass is 10.2. The molecule has 0 aliphatic rings. The molecule has 128 valence electrons. The van der Waals surface area contributed by atoms with Crippen LogP contribution in [0.5, 0.6) is 11.5 Å². The lowest BCUT2D eigenvalue weighted by Gasteiger charge is -2.10. The van der Waals surface area contributed by atoms with Crippen LogP contribution >= 0.6 is 45.2 Å². The maximum atomic E-state index is 8.85. The maximum Gasteiger partial charge on any atom is 0.132 e. The van der Waals surface area contributed by atoms with E-state index in [-0.39, 0.29) is 0 Å². The van der Waals surface area contributed by atoms with Crippen LogP contribution in [0.2, 0.25) is 0 Å². The summed E-state index contributed by atoms with van der Waals surface area (Å²) in [6.45, 7) is 1.30. The molecule has 6 heteroatoms. The summed E-state index contributed by atoms with van der Waals surface area (Å²) in [5, 5.41) is 17.7. The molecule has 0 aromatic heterocycles. The van der Waals surface area contributed by atoms with Crippen LogP contribution in [0.15, 0.2) is 36.4 Å². The number of halogens is 2. The fraction of sp³-hybridized carbons (Fsp3) is 0.263. The molecule has 2 aromatic carbocycles. The molecular weight excluding hydrogens is 542 g/mol. The van der Waals surface area contributed by atoms with E-state index in [4.69, 9.17) is 20.0 Å².